The van der Waals surface area contributed by atoms with Gasteiger partial charge in [0.15, 0.2) is 10.6 Å². The first-order valence-corrected chi connectivity index (χ1v) is 10.2. The molecule has 138 valence electrons. The van der Waals surface area contributed by atoms with Crippen LogP contribution in [0, 0.1) is 22.7 Å². The fourth-order valence-corrected chi connectivity index (χ4v) is 4.29. The molecule has 3 aromatic rings. The number of thioether (sulfide) groups is 1. The minimum Gasteiger partial charge on any atom is -0.324 e. The van der Waals surface area contributed by atoms with Crippen LogP contribution in [0.3, 0.4) is 0 Å². The second-order valence-corrected chi connectivity index (χ2v) is 7.85. The number of rotatable bonds is 5. The normalized spacial score (nSPS) is 10.1. The summed E-state index contributed by atoms with van der Waals surface area (Å²) in [5, 5.41) is 24.6. The third kappa shape index (κ3) is 4.10. The maximum atomic E-state index is 12.3. The number of aromatic nitrogens is 1. The van der Waals surface area contributed by atoms with Gasteiger partial charge >= 0.3 is 0 Å². The number of nitrogens with two attached hydrogens (primary N) is 1. The van der Waals surface area contributed by atoms with Gasteiger partial charge in [-0.25, -0.2) is 4.98 Å². The van der Waals surface area contributed by atoms with Crippen molar-refractivity contribution in [2.24, 2.45) is 0 Å². The number of pyridine rings is 1. The number of benzene rings is 1. The topological polar surface area (TPSA) is 117 Å². The molecule has 0 aliphatic heterocycles. The van der Waals surface area contributed by atoms with Crippen LogP contribution < -0.4 is 16.0 Å². The molecule has 1 amide bonds. The maximum absolute atomic E-state index is 12.3. The summed E-state index contributed by atoms with van der Waals surface area (Å²) in [6.07, 6.45) is 0. The summed E-state index contributed by atoms with van der Waals surface area (Å²) >= 11 is 8.59. The lowest BCUT2D eigenvalue weighted by molar-refractivity contribution is -0.410. The van der Waals surface area contributed by atoms with Crippen LogP contribution in [0.2, 0.25) is 5.02 Å². The lowest BCUT2D eigenvalue weighted by Gasteiger charge is -2.09. The number of nitrogens with zero attached hydrogens (tertiary/aromatic N) is 2. The largest absolute Gasteiger partial charge is 0.324 e. The van der Waals surface area contributed by atoms with Crippen LogP contribution in [0.1, 0.15) is 11.1 Å². The van der Waals surface area contributed by atoms with Gasteiger partial charge < -0.3 is 5.32 Å². The Morgan fingerprint density at radius 2 is 1.96 bits per heavy atom. The monoisotopic (exact) mass is 426 g/mol. The number of nitrogen functional groups attached to an aromatic ring is 1. The molecule has 2 aromatic heterocycles. The fraction of sp³-hybridized carbons (Fsp3) is 0.0526. The zero-order valence-corrected chi connectivity index (χ0v) is 16.7. The van der Waals surface area contributed by atoms with Crippen LogP contribution in [0.15, 0.2) is 46.8 Å². The molecule has 3 rings (SSSR count). The minimum absolute atomic E-state index is 0.0334. The Morgan fingerprint density at radius 1 is 1.21 bits per heavy atom. The van der Waals surface area contributed by atoms with Crippen molar-refractivity contribution < 1.29 is 9.78 Å². The molecule has 2 heterocycles. The lowest BCUT2D eigenvalue weighted by atomic mass is 10.0. The summed E-state index contributed by atoms with van der Waals surface area (Å²) in [7, 11) is 0. The van der Waals surface area contributed by atoms with Gasteiger partial charge in [0.1, 0.15) is 17.7 Å². The lowest BCUT2D eigenvalue weighted by Crippen LogP contribution is -2.20. The molecule has 9 heteroatoms. The first-order valence-electron chi connectivity index (χ1n) is 7.95. The molecule has 0 radical (unpaired) electrons. The number of nitriles is 2. The van der Waals surface area contributed by atoms with Gasteiger partial charge in [0, 0.05) is 10.4 Å². The number of aromatic amines is 1. The molecule has 28 heavy (non-hydrogen) atoms. The van der Waals surface area contributed by atoms with Gasteiger partial charge in [0.25, 0.3) is 5.82 Å². The third-order valence-electron chi connectivity index (χ3n) is 3.73. The van der Waals surface area contributed by atoms with Gasteiger partial charge in [-0.1, -0.05) is 41.6 Å². The predicted octanol–water partition coefficient (Wildman–Crippen LogP) is 3.94. The van der Waals surface area contributed by atoms with Crippen LogP contribution in [-0.2, 0) is 4.79 Å². The average Bonchev–Trinajstić information content (AvgIpc) is 3.22. The molecule has 6 nitrogen and oxygen atoms in total. The number of hydrogen-bond donors (Lipinski definition) is 2. The fourth-order valence-electron chi connectivity index (χ4n) is 2.51. The first kappa shape index (κ1) is 19.7. The van der Waals surface area contributed by atoms with Crippen LogP contribution in [0.25, 0.3) is 10.4 Å². The first-order chi connectivity index (χ1) is 13.5. The number of halogens is 1. The van der Waals surface area contributed by atoms with Crippen molar-refractivity contribution in [2.75, 3.05) is 16.8 Å². The Hall–Kier alpha value is -3.04. The standard InChI is InChI=1S/C19H12ClN5OS2/c20-13-4-1-2-5-14(13)24-16(26)10-28-19-12(9-22)17(15-6-3-7-27-15)11(8-21)18(23)25-19/h1-7H,10H2,(H2,23,25)(H,24,26)/p+1. The Labute approximate surface area is 174 Å². The number of thiophene rings is 1. The minimum atomic E-state index is -0.281. The number of amides is 1. The molecule has 0 saturated carbocycles. The van der Waals surface area contributed by atoms with Crippen molar-refractivity contribution in [3.63, 3.8) is 0 Å². The van der Waals surface area contributed by atoms with E-state index >= 15 is 0 Å². The Kier molecular flexibility index (Phi) is 6.17. The molecule has 4 N–H and O–H groups in total. The molecule has 0 atom stereocenters. The van der Waals surface area contributed by atoms with Crippen molar-refractivity contribution in [2.45, 2.75) is 5.03 Å². The maximum Gasteiger partial charge on any atom is 0.289 e. The Morgan fingerprint density at radius 3 is 2.61 bits per heavy atom. The summed E-state index contributed by atoms with van der Waals surface area (Å²) in [5.41, 5.74) is 7.48. The van der Waals surface area contributed by atoms with Crippen molar-refractivity contribution in [3.8, 4) is 22.6 Å². The summed E-state index contributed by atoms with van der Waals surface area (Å²) < 4.78 is 0. The van der Waals surface area contributed by atoms with Gasteiger partial charge in [0.2, 0.25) is 5.91 Å². The quantitative estimate of drug-likeness (QED) is 0.599. The number of anilines is 2. The second-order valence-electron chi connectivity index (χ2n) is 5.51. The van der Waals surface area contributed by atoms with E-state index in [9.17, 15) is 15.3 Å². The van der Waals surface area contributed by atoms with Gasteiger partial charge in [-0.3, -0.25) is 10.5 Å². The molecular weight excluding hydrogens is 414 g/mol. The van der Waals surface area contributed by atoms with Crippen molar-refractivity contribution >= 4 is 52.1 Å². The van der Waals surface area contributed by atoms with Crippen LogP contribution in [0.5, 0.6) is 0 Å². The highest BCUT2D eigenvalue weighted by Gasteiger charge is 2.24. The van der Waals surface area contributed by atoms with Gasteiger partial charge in [-0.15, -0.1) is 11.3 Å². The number of para-hydroxylation sites is 1. The number of carbonyl (C=O) groups is 1. The van der Waals surface area contributed by atoms with Crippen molar-refractivity contribution in [1.82, 2.24) is 0 Å². The highest BCUT2D eigenvalue weighted by Crippen LogP contribution is 2.36. The van der Waals surface area contributed by atoms with Crippen LogP contribution in [0.4, 0.5) is 11.5 Å². The van der Waals surface area contributed by atoms with Gasteiger partial charge in [-0.2, -0.15) is 10.5 Å². The van der Waals surface area contributed by atoms with E-state index in [-0.39, 0.29) is 28.6 Å². The number of nitrogens with one attached hydrogen (secondary N) is 2. The summed E-state index contributed by atoms with van der Waals surface area (Å²) in [6, 6.07) is 14.8. The number of H-pyrrole nitrogens is 1. The van der Waals surface area contributed by atoms with Crippen LogP contribution >= 0.6 is 34.7 Å². The average molecular weight is 427 g/mol. The zero-order valence-electron chi connectivity index (χ0n) is 14.3. The van der Waals surface area contributed by atoms with Gasteiger partial charge in [0.05, 0.1) is 16.5 Å². The summed E-state index contributed by atoms with van der Waals surface area (Å²) in [6.45, 7) is 0. The SMILES string of the molecule is N#Cc1c(N)[nH+]c(SCC(=O)Nc2ccccc2Cl)c(C#N)c1-c1cccs1. The molecule has 0 fully saturated rings. The summed E-state index contributed by atoms with van der Waals surface area (Å²) in [4.78, 5) is 15.9. The van der Waals surface area contributed by atoms with E-state index in [4.69, 9.17) is 17.3 Å². The van der Waals surface area contributed by atoms with Gasteiger partial charge in [-0.05, 0) is 23.6 Å². The van der Waals surface area contributed by atoms with E-state index in [2.05, 4.69) is 22.4 Å². The van der Waals surface area contributed by atoms with Crippen molar-refractivity contribution in [1.29, 1.82) is 10.5 Å². The molecule has 0 saturated heterocycles. The molecule has 1 aromatic carbocycles. The molecule has 0 unspecified atom stereocenters. The van der Waals surface area contributed by atoms with E-state index in [0.29, 0.717) is 21.3 Å². The zero-order chi connectivity index (χ0) is 20.1. The highest BCUT2D eigenvalue weighted by atomic mass is 35.5. The predicted molar refractivity (Wildman–Crippen MR) is 111 cm³/mol. The van der Waals surface area contributed by atoms with E-state index in [1.165, 1.54) is 11.3 Å². The third-order valence-corrected chi connectivity index (χ3v) is 5.95. The van der Waals surface area contributed by atoms with Crippen LogP contribution in [-0.4, -0.2) is 11.7 Å². The van der Waals surface area contributed by atoms with E-state index in [0.717, 1.165) is 16.6 Å². The Bertz CT molecular complexity index is 1120. The second kappa shape index (κ2) is 8.77. The molecule has 0 spiro atoms. The smallest absolute Gasteiger partial charge is 0.289 e. The summed E-state index contributed by atoms with van der Waals surface area (Å²) in [5.74, 6) is -0.0964. The Balaban J connectivity index is 1.89. The van der Waals surface area contributed by atoms with E-state index in [1.807, 2.05) is 17.5 Å². The molecule has 0 bridgehead atoms. The number of hydrogen-bond acceptors (Lipinski definition) is 6. The number of carbonyl (C=O) groups excluding carboxylic acids is 1. The van der Waals surface area contributed by atoms with E-state index in [1.54, 1.807) is 24.3 Å². The molecule has 0 aliphatic carbocycles. The van der Waals surface area contributed by atoms with Crippen molar-refractivity contribution in [3.05, 3.63) is 57.9 Å². The molecule has 0 aliphatic rings. The van der Waals surface area contributed by atoms with E-state index < -0.39 is 0 Å². The molecular formula is C19H13ClN5OS2+. The highest BCUT2D eigenvalue weighted by molar-refractivity contribution is 7.99.